The molecule has 1 unspecified atom stereocenters. The van der Waals surface area contributed by atoms with E-state index in [4.69, 9.17) is 40.9 Å². The zero-order valence-corrected chi connectivity index (χ0v) is 87.0. The second-order valence-electron chi connectivity index (χ2n) is 38.6. The standard InChI is InChI=1S/C28H34O4.C25H28O5.C16H26O3.C12H18O3.2C10H14O3.C8H9FO3.C5H12N2O3/c1-17-11-23(13-19(15-29)25(17)31)27(3,4)21-7-9-22(10-8-21)28(5,6)24-12-18(2)26(32)20(14-24)16-30;1-14-4-17(10-19-6-15(2)8-21(12-26)24(19)29)23(28)18(5-14)11-20-7-16(3)9-22(13-27)25(20)30;1-15(2,3)10-16(4,5)13-6-11(8-17)14(19)12(7-13)9-18;1-3-8(2)9-4-10(6-13)12(15)11(5-9)7-14;1-6-3-8(4-11)10(13)9(5-12)7(6)2;1-2-7-3-8(5-11)10(13)9(4-7)6-12;9-7-1-5(3-10)8(12)6(2-7)4-11;1-9-3-6-5(8)7-4-10-2/h7-14,29-32H,15-16H2,1-6H3;4-9,26-30H,10-13H2,1-3H3;6-7,17-19H,8-10H2,1-5H3;4-5,8,13-15H,3,6-7H2,1-2H3;3,11-13H,4-5H2,1-2H3;3-4,11-13H,2,5-6H2,1H3;1-2,10-12H,3-4H2;3-4H2,1-2H3,(H2,6,7,8). The molecule has 0 saturated carbocycles. The Labute approximate surface area is 845 Å². The highest BCUT2D eigenvalue weighted by Crippen LogP contribution is 2.44. The minimum Gasteiger partial charge on any atom is -0.507 e. The van der Waals surface area contributed by atoms with Crippen molar-refractivity contribution in [2.45, 2.75) is 278 Å². The van der Waals surface area contributed by atoms with Gasteiger partial charge in [0.25, 0.3) is 0 Å². The zero-order valence-electron chi connectivity index (χ0n) is 87.0. The second kappa shape index (κ2) is 58.2. The summed E-state index contributed by atoms with van der Waals surface area (Å²) in [6.45, 7) is 35.6. The first-order valence-electron chi connectivity index (χ1n) is 47.3. The number of hydrogen-bond donors (Lipinski definition) is 26. The van der Waals surface area contributed by atoms with Crippen molar-refractivity contribution in [3.05, 3.63) is 323 Å². The number of carbonyl (C=O) groups excluding carboxylic acids is 1. The predicted molar refractivity (Wildman–Crippen MR) is 554 cm³/mol. The van der Waals surface area contributed by atoms with Crippen molar-refractivity contribution in [2.24, 2.45) is 5.41 Å². The molecule has 0 aliphatic carbocycles. The van der Waals surface area contributed by atoms with E-state index in [9.17, 15) is 90.9 Å². The van der Waals surface area contributed by atoms with E-state index in [1.54, 1.807) is 42.5 Å². The van der Waals surface area contributed by atoms with E-state index < -0.39 is 19.0 Å². The Bertz CT molecular complexity index is 5700. The number of aryl methyl sites for hydroxylation is 7. The summed E-state index contributed by atoms with van der Waals surface area (Å²) < 4.78 is 21.8. The van der Waals surface area contributed by atoms with Crippen LogP contribution in [0.2, 0.25) is 0 Å². The second-order valence-corrected chi connectivity index (χ2v) is 38.6. The predicted octanol–water partition coefficient (Wildman–Crippen LogP) is 16.2. The fourth-order valence-electron chi connectivity index (χ4n) is 16.6. The van der Waals surface area contributed by atoms with Gasteiger partial charge in [0, 0.05) is 116 Å². The first kappa shape index (κ1) is 124. The van der Waals surface area contributed by atoms with Crippen LogP contribution in [0.15, 0.2) is 140 Å². The summed E-state index contributed by atoms with van der Waals surface area (Å²) in [4.78, 5) is 10.6. The highest BCUT2D eigenvalue weighted by molar-refractivity contribution is 5.73. The van der Waals surface area contributed by atoms with Gasteiger partial charge in [-0.1, -0.05) is 173 Å². The van der Waals surface area contributed by atoms with Crippen molar-refractivity contribution < 1.29 is 141 Å². The third kappa shape index (κ3) is 34.6. The molecule has 11 aromatic carbocycles. The number of carbonyl (C=O) groups is 1. The number of methoxy groups -OCH3 is 2. The Hall–Kier alpha value is -12.0. The number of hydrogen-bond acceptors (Lipinski definition) is 27. The molecule has 0 saturated heterocycles. The number of amides is 2. The molecule has 0 aromatic heterocycles. The maximum atomic E-state index is 12.6. The number of aliphatic hydroxyl groups is 14. The molecule has 0 aliphatic heterocycles. The summed E-state index contributed by atoms with van der Waals surface area (Å²) >= 11 is 0. The van der Waals surface area contributed by atoms with E-state index in [-0.39, 0.29) is 189 Å². The quantitative estimate of drug-likeness (QED) is 0.0179. The first-order valence-corrected chi connectivity index (χ1v) is 47.3. The molecule has 11 aromatic rings. The molecule has 2 amide bonds. The fraction of sp³-hybridized carbons (Fsp3) is 0.412. The molecule has 790 valence electrons. The van der Waals surface area contributed by atoms with Crippen LogP contribution in [0.5, 0.6) is 57.5 Å². The molecule has 144 heavy (non-hydrogen) atoms. The number of aliphatic hydroxyl groups excluding tert-OH is 14. The van der Waals surface area contributed by atoms with Crippen LogP contribution in [0.1, 0.15) is 280 Å². The number of benzene rings is 11. The number of urea groups is 1. The van der Waals surface area contributed by atoms with Gasteiger partial charge >= 0.3 is 6.03 Å². The molecule has 0 radical (unpaired) electrons. The van der Waals surface area contributed by atoms with Gasteiger partial charge in [-0.15, -0.1) is 0 Å². The van der Waals surface area contributed by atoms with Crippen LogP contribution in [0.4, 0.5) is 9.18 Å². The van der Waals surface area contributed by atoms with E-state index in [1.807, 2.05) is 116 Å². The van der Waals surface area contributed by atoms with Crippen LogP contribution in [0, 0.1) is 59.7 Å². The maximum Gasteiger partial charge on any atom is 0.318 e. The van der Waals surface area contributed by atoms with Crippen molar-refractivity contribution in [3.63, 3.8) is 0 Å². The summed E-state index contributed by atoms with van der Waals surface area (Å²) in [5, 5.41) is 233. The molecule has 1 atom stereocenters. The minimum atomic E-state index is -0.582. The van der Waals surface area contributed by atoms with Crippen molar-refractivity contribution >= 4 is 6.03 Å². The van der Waals surface area contributed by atoms with Gasteiger partial charge < -0.3 is 143 Å². The van der Waals surface area contributed by atoms with Gasteiger partial charge in [0.2, 0.25) is 0 Å². The lowest BCUT2D eigenvalue weighted by molar-refractivity contribution is 0.154. The Kier molecular flexibility index (Phi) is 50.2. The van der Waals surface area contributed by atoms with Crippen LogP contribution in [-0.4, -0.2) is 156 Å². The highest BCUT2D eigenvalue weighted by Gasteiger charge is 2.32. The number of phenols is 10. The van der Waals surface area contributed by atoms with Crippen LogP contribution in [0.25, 0.3) is 0 Å². The lowest BCUT2D eigenvalue weighted by Gasteiger charge is -2.33. The lowest BCUT2D eigenvalue weighted by atomic mass is 9.71. The van der Waals surface area contributed by atoms with Gasteiger partial charge in [0.15, 0.2) is 0 Å². The number of rotatable bonds is 31. The van der Waals surface area contributed by atoms with Crippen molar-refractivity contribution in [1.82, 2.24) is 10.6 Å². The Morgan fingerprint density at radius 3 is 0.875 bits per heavy atom. The molecule has 0 aliphatic rings. The summed E-state index contributed by atoms with van der Waals surface area (Å²) in [6.07, 6.45) is 3.40. The fourth-order valence-corrected chi connectivity index (χ4v) is 16.6. The highest BCUT2D eigenvalue weighted by atomic mass is 19.1. The van der Waals surface area contributed by atoms with E-state index in [1.165, 1.54) is 14.2 Å². The Balaban J connectivity index is 0.000000355. The first-order chi connectivity index (χ1) is 67.7. The molecule has 0 spiro atoms. The molecule has 11 rings (SSSR count). The van der Waals surface area contributed by atoms with Crippen molar-refractivity contribution in [2.75, 3.05) is 27.7 Å². The number of ether oxygens (including phenoxy) is 2. The number of aromatic hydroxyl groups is 10. The smallest absolute Gasteiger partial charge is 0.318 e. The molecule has 0 fully saturated rings. The van der Waals surface area contributed by atoms with Crippen LogP contribution in [0.3, 0.4) is 0 Å². The van der Waals surface area contributed by atoms with Crippen molar-refractivity contribution in [1.29, 1.82) is 0 Å². The largest absolute Gasteiger partial charge is 0.507 e. The molecular formula is C114H155FN2O27. The average molecular weight is 2000 g/mol. The van der Waals surface area contributed by atoms with Crippen LogP contribution in [-0.2, 0) is 137 Å². The normalized spacial score (nSPS) is 11.4. The number of halogens is 1. The van der Waals surface area contributed by atoms with Gasteiger partial charge in [0.1, 0.15) is 76.8 Å². The molecule has 0 heterocycles. The van der Waals surface area contributed by atoms with Gasteiger partial charge in [-0.2, -0.15) is 0 Å². The van der Waals surface area contributed by atoms with E-state index >= 15 is 0 Å². The van der Waals surface area contributed by atoms with E-state index in [2.05, 4.69) is 121 Å². The lowest BCUT2D eigenvalue weighted by Crippen LogP contribution is -2.37. The Morgan fingerprint density at radius 1 is 0.319 bits per heavy atom. The third-order valence-corrected chi connectivity index (χ3v) is 25.1. The Morgan fingerprint density at radius 2 is 0.583 bits per heavy atom. The third-order valence-electron chi connectivity index (χ3n) is 25.1. The van der Waals surface area contributed by atoms with Crippen molar-refractivity contribution in [3.8, 4) is 57.5 Å². The van der Waals surface area contributed by atoms with Crippen LogP contribution < -0.4 is 10.6 Å². The van der Waals surface area contributed by atoms with Gasteiger partial charge in [-0.3, -0.25) is 0 Å². The summed E-state index contributed by atoms with van der Waals surface area (Å²) in [6, 6.07) is 41.3. The van der Waals surface area contributed by atoms with Gasteiger partial charge in [-0.25, -0.2) is 9.18 Å². The maximum absolute atomic E-state index is 12.6. The molecule has 0 bridgehead atoms. The van der Waals surface area contributed by atoms with Gasteiger partial charge in [-0.05, 0) is 235 Å². The van der Waals surface area contributed by atoms with E-state index in [0.29, 0.717) is 108 Å². The molecule has 26 N–H and O–H groups in total. The van der Waals surface area contributed by atoms with Gasteiger partial charge in [0.05, 0.1) is 92.5 Å². The number of nitrogens with one attached hydrogen (secondary N) is 2. The molecule has 29 nitrogen and oxygen atoms in total. The molecular weight excluding hydrogens is 1850 g/mol. The zero-order chi connectivity index (χ0) is 109. The SMILES string of the molecule is CC(C)(C)CC(C)(C)c1cc(CO)c(O)c(CO)c1.CCC(C)c1cc(CO)c(O)c(CO)c1.CCc1cc(CO)c(O)c(CO)c1.COCNC(=O)NCOC.Cc1cc(C(C)(C)c2ccc(C(C)(C)c3cc(C)c(O)c(CO)c3)cc2)cc(CO)c1O.Cc1cc(CO)c(O)c(CO)c1C.Cc1cc(CO)c(O)c(Cc2cc(C)cc(Cc3cc(C)cc(CO)c3O)c2O)c1.OCc1cc(F)cc(CO)c1O. The average Bonchev–Trinajstić information content (AvgIpc) is 0.763. The topological polar surface area (TPSA) is 545 Å². The summed E-state index contributed by atoms with van der Waals surface area (Å²) in [5.41, 5.74) is 21.6. The van der Waals surface area contributed by atoms with E-state index in [0.717, 1.165) is 109 Å². The summed E-state index contributed by atoms with van der Waals surface area (Å²) in [7, 11) is 2.99. The monoisotopic (exact) mass is 2000 g/mol. The van der Waals surface area contributed by atoms with Crippen LogP contribution >= 0.6 is 0 Å². The minimum absolute atomic E-state index is 0.000286. The summed E-state index contributed by atoms with van der Waals surface area (Å²) in [5.74, 6) is 0.0276. The molecule has 30 heteroatoms. The number of phenolic OH excluding ortho intramolecular Hbond substituents is 1.